The molecule has 1 fully saturated rings. The molecule has 3 aromatic rings. The molecule has 1 amide bonds. The molecule has 2 aromatic carbocycles. The standard InChI is InChI=1S/C23H25N3O6S2/c1-15-6-9-17(10-7-15)34(29,30)26-12-4-5-19(26)22(28)24-23-25(14-21(27)32-3)18-11-8-16(31-2)13-20(18)33-23/h6-11,13,19H,4-5,12,14H2,1-3H3. The summed E-state index contributed by atoms with van der Waals surface area (Å²) in [5, 5.41) is 0. The molecule has 0 radical (unpaired) electrons. The van der Waals surface area contributed by atoms with Gasteiger partial charge in [-0.3, -0.25) is 9.59 Å². The zero-order chi connectivity index (χ0) is 24.5. The number of carbonyl (C=O) groups is 2. The minimum absolute atomic E-state index is 0.134. The van der Waals surface area contributed by atoms with Crippen molar-refractivity contribution in [1.82, 2.24) is 8.87 Å². The number of fused-ring (bicyclic) bond motifs is 1. The van der Waals surface area contributed by atoms with Crippen LogP contribution >= 0.6 is 11.3 Å². The quantitative estimate of drug-likeness (QED) is 0.479. The number of benzene rings is 2. The molecule has 1 aromatic heterocycles. The van der Waals surface area contributed by atoms with E-state index in [-0.39, 0.29) is 18.0 Å². The maximum Gasteiger partial charge on any atom is 0.325 e. The Labute approximate surface area is 201 Å². The maximum absolute atomic E-state index is 13.2. The van der Waals surface area contributed by atoms with Crippen molar-refractivity contribution in [3.8, 4) is 5.75 Å². The lowest BCUT2D eigenvalue weighted by atomic mass is 10.2. The maximum atomic E-state index is 13.2. The fraction of sp³-hybridized carbons (Fsp3) is 0.348. The molecule has 1 unspecified atom stereocenters. The van der Waals surface area contributed by atoms with Gasteiger partial charge in [-0.2, -0.15) is 9.30 Å². The van der Waals surface area contributed by atoms with E-state index in [1.807, 2.05) is 6.92 Å². The van der Waals surface area contributed by atoms with Crippen LogP contribution in [0.5, 0.6) is 5.75 Å². The summed E-state index contributed by atoms with van der Waals surface area (Å²) in [7, 11) is -1.01. The second kappa shape index (κ2) is 9.69. The van der Waals surface area contributed by atoms with Gasteiger partial charge in [-0.25, -0.2) is 8.42 Å². The van der Waals surface area contributed by atoms with Gasteiger partial charge in [0.05, 0.1) is 29.3 Å². The van der Waals surface area contributed by atoms with Crippen LogP contribution in [0.3, 0.4) is 0 Å². The van der Waals surface area contributed by atoms with Crippen LogP contribution in [0, 0.1) is 6.92 Å². The third-order valence-corrected chi connectivity index (χ3v) is 8.69. The van der Waals surface area contributed by atoms with Crippen LogP contribution < -0.4 is 9.54 Å². The number of hydrogen-bond acceptors (Lipinski definition) is 7. The third kappa shape index (κ3) is 4.63. The Morgan fingerprint density at radius 1 is 1.15 bits per heavy atom. The summed E-state index contributed by atoms with van der Waals surface area (Å²) in [5.74, 6) is -0.429. The summed E-state index contributed by atoms with van der Waals surface area (Å²) < 4.78 is 40.1. The van der Waals surface area contributed by atoms with Gasteiger partial charge in [0.25, 0.3) is 5.91 Å². The Morgan fingerprint density at radius 2 is 1.88 bits per heavy atom. The number of amides is 1. The topological polar surface area (TPSA) is 107 Å². The van der Waals surface area contributed by atoms with Crippen molar-refractivity contribution in [2.75, 3.05) is 20.8 Å². The number of methoxy groups -OCH3 is 2. The Balaban J connectivity index is 1.73. The lowest BCUT2D eigenvalue weighted by Crippen LogP contribution is -2.40. The van der Waals surface area contributed by atoms with Crippen LogP contribution in [-0.4, -0.2) is 56.0 Å². The zero-order valence-corrected chi connectivity index (χ0v) is 20.7. The minimum atomic E-state index is -3.85. The highest BCUT2D eigenvalue weighted by Gasteiger charge is 2.39. The van der Waals surface area contributed by atoms with Crippen LogP contribution in [0.4, 0.5) is 0 Å². The van der Waals surface area contributed by atoms with Crippen molar-refractivity contribution in [1.29, 1.82) is 0 Å². The van der Waals surface area contributed by atoms with E-state index in [1.54, 1.807) is 54.1 Å². The molecule has 0 saturated carbocycles. The number of nitrogens with zero attached hydrogens (tertiary/aromatic N) is 3. The summed E-state index contributed by atoms with van der Waals surface area (Å²) in [6, 6.07) is 11.0. The molecule has 1 saturated heterocycles. The number of aryl methyl sites for hydroxylation is 1. The molecule has 4 rings (SSSR count). The lowest BCUT2D eigenvalue weighted by Gasteiger charge is -2.21. The fourth-order valence-electron chi connectivity index (χ4n) is 3.90. The molecular formula is C23H25N3O6S2. The van der Waals surface area contributed by atoms with E-state index >= 15 is 0 Å². The van der Waals surface area contributed by atoms with Gasteiger partial charge in [-0.1, -0.05) is 29.0 Å². The first-order chi connectivity index (χ1) is 16.2. The van der Waals surface area contributed by atoms with Gasteiger partial charge < -0.3 is 14.0 Å². The molecule has 0 bridgehead atoms. The number of carbonyl (C=O) groups excluding carboxylic acids is 2. The summed E-state index contributed by atoms with van der Waals surface area (Å²) in [6.45, 7) is 1.99. The van der Waals surface area contributed by atoms with E-state index in [0.29, 0.717) is 28.9 Å². The van der Waals surface area contributed by atoms with Crippen molar-refractivity contribution < 1.29 is 27.5 Å². The summed E-state index contributed by atoms with van der Waals surface area (Å²) in [5.41, 5.74) is 1.64. The van der Waals surface area contributed by atoms with E-state index in [4.69, 9.17) is 9.47 Å². The van der Waals surface area contributed by atoms with Crippen LogP contribution in [0.15, 0.2) is 52.4 Å². The van der Waals surface area contributed by atoms with Gasteiger partial charge in [-0.05, 0) is 50.1 Å². The summed E-state index contributed by atoms with van der Waals surface area (Å²) in [4.78, 5) is 30.0. The number of ether oxygens (including phenoxy) is 2. The minimum Gasteiger partial charge on any atom is -0.497 e. The smallest absolute Gasteiger partial charge is 0.325 e. The fourth-order valence-corrected chi connectivity index (χ4v) is 6.62. The van der Waals surface area contributed by atoms with Gasteiger partial charge in [0, 0.05) is 6.54 Å². The molecule has 0 spiro atoms. The van der Waals surface area contributed by atoms with Crippen molar-refractivity contribution in [2.45, 2.75) is 37.2 Å². The van der Waals surface area contributed by atoms with Crippen LogP contribution in [0.2, 0.25) is 0 Å². The highest BCUT2D eigenvalue weighted by molar-refractivity contribution is 7.89. The summed E-state index contributed by atoms with van der Waals surface area (Å²) in [6.07, 6.45) is 0.936. The molecule has 1 aliphatic heterocycles. The molecule has 34 heavy (non-hydrogen) atoms. The second-order valence-electron chi connectivity index (χ2n) is 7.92. The SMILES string of the molecule is COC(=O)Cn1c(=NC(=O)C2CCCN2S(=O)(=O)c2ccc(C)cc2)sc2cc(OC)ccc21. The monoisotopic (exact) mass is 503 g/mol. The van der Waals surface area contributed by atoms with E-state index in [0.717, 1.165) is 10.3 Å². The Hall–Kier alpha value is -3.02. The van der Waals surface area contributed by atoms with Crippen LogP contribution in [0.25, 0.3) is 10.2 Å². The Bertz CT molecular complexity index is 1410. The molecule has 180 valence electrons. The third-order valence-electron chi connectivity index (χ3n) is 5.73. The number of thiazole rings is 1. The number of esters is 1. The van der Waals surface area contributed by atoms with E-state index in [1.165, 1.54) is 22.8 Å². The molecule has 2 heterocycles. The Kier molecular flexibility index (Phi) is 6.87. The zero-order valence-electron chi connectivity index (χ0n) is 19.1. The van der Waals surface area contributed by atoms with Crippen molar-refractivity contribution in [2.24, 2.45) is 4.99 Å². The first-order valence-corrected chi connectivity index (χ1v) is 12.9. The van der Waals surface area contributed by atoms with Crippen molar-refractivity contribution in [3.63, 3.8) is 0 Å². The van der Waals surface area contributed by atoms with Crippen LogP contribution in [0.1, 0.15) is 18.4 Å². The molecule has 1 atom stereocenters. The van der Waals surface area contributed by atoms with E-state index < -0.39 is 27.9 Å². The molecule has 1 aliphatic rings. The van der Waals surface area contributed by atoms with E-state index in [2.05, 4.69) is 4.99 Å². The first-order valence-electron chi connectivity index (χ1n) is 10.7. The molecular weight excluding hydrogens is 478 g/mol. The number of sulfonamides is 1. The molecule has 0 aliphatic carbocycles. The second-order valence-corrected chi connectivity index (χ2v) is 10.8. The van der Waals surface area contributed by atoms with E-state index in [9.17, 15) is 18.0 Å². The average Bonchev–Trinajstić information content (AvgIpc) is 3.45. The van der Waals surface area contributed by atoms with Crippen molar-refractivity contribution >= 4 is 43.5 Å². The van der Waals surface area contributed by atoms with Gasteiger partial charge in [0.1, 0.15) is 18.3 Å². The van der Waals surface area contributed by atoms with Crippen LogP contribution in [-0.2, 0) is 30.9 Å². The predicted molar refractivity (Wildman–Crippen MR) is 127 cm³/mol. The number of aromatic nitrogens is 1. The number of rotatable bonds is 6. The Morgan fingerprint density at radius 3 is 2.56 bits per heavy atom. The van der Waals surface area contributed by atoms with Gasteiger partial charge in [0.15, 0.2) is 4.80 Å². The van der Waals surface area contributed by atoms with Gasteiger partial charge in [0.2, 0.25) is 10.0 Å². The lowest BCUT2D eigenvalue weighted by molar-refractivity contribution is -0.141. The highest BCUT2D eigenvalue weighted by atomic mass is 32.2. The van der Waals surface area contributed by atoms with Gasteiger partial charge >= 0.3 is 5.97 Å². The molecule has 0 N–H and O–H groups in total. The van der Waals surface area contributed by atoms with Gasteiger partial charge in [-0.15, -0.1) is 0 Å². The molecule has 9 nitrogen and oxygen atoms in total. The predicted octanol–water partition coefficient (Wildman–Crippen LogP) is 2.47. The largest absolute Gasteiger partial charge is 0.497 e. The average molecular weight is 504 g/mol. The molecule has 11 heteroatoms. The summed E-state index contributed by atoms with van der Waals surface area (Å²) >= 11 is 1.22. The van der Waals surface area contributed by atoms with Crippen molar-refractivity contribution in [3.05, 3.63) is 52.8 Å². The number of hydrogen-bond donors (Lipinski definition) is 0. The first kappa shape index (κ1) is 24.1. The highest BCUT2D eigenvalue weighted by Crippen LogP contribution is 2.28. The normalized spacial score (nSPS) is 17.3.